The Morgan fingerprint density at radius 2 is 1.55 bits per heavy atom. The fourth-order valence-corrected chi connectivity index (χ4v) is 3.41. The van der Waals surface area contributed by atoms with Crippen molar-refractivity contribution in [2.24, 2.45) is 0 Å². The molecule has 3 aromatic rings. The zero-order valence-corrected chi connectivity index (χ0v) is 16.2. The van der Waals surface area contributed by atoms with E-state index in [4.69, 9.17) is 14.2 Å². The molecule has 0 spiro atoms. The summed E-state index contributed by atoms with van der Waals surface area (Å²) >= 11 is 0. The van der Waals surface area contributed by atoms with Crippen LogP contribution in [0.25, 0.3) is 10.9 Å². The summed E-state index contributed by atoms with van der Waals surface area (Å²) in [6, 6.07) is 10.3. The monoisotopic (exact) mass is 427 g/mol. The fourth-order valence-electron chi connectivity index (χ4n) is 2.62. The number of hydrogen-bond acceptors (Lipinski definition) is 6. The molecule has 3 rings (SSSR count). The fraction of sp³-hybridized carbons (Fsp3) is 0.211. The van der Waals surface area contributed by atoms with Crippen LogP contribution in [0.3, 0.4) is 0 Å². The van der Waals surface area contributed by atoms with Crippen molar-refractivity contribution in [3.8, 4) is 23.0 Å². The minimum Gasteiger partial charge on any atom is -0.493 e. The van der Waals surface area contributed by atoms with E-state index in [0.717, 1.165) is 0 Å². The number of rotatable bonds is 6. The molecule has 0 aliphatic rings. The second-order valence-electron chi connectivity index (χ2n) is 5.98. The average Bonchev–Trinajstić information content (AvgIpc) is 2.67. The first-order valence-corrected chi connectivity index (χ1v) is 9.86. The molecule has 0 fully saturated rings. The molecule has 0 amide bonds. The highest BCUT2D eigenvalue weighted by molar-refractivity contribution is 7.91. The van der Waals surface area contributed by atoms with Crippen molar-refractivity contribution in [1.82, 2.24) is 4.98 Å². The number of nitrogens with zero attached hydrogens (tertiary/aromatic N) is 1. The highest BCUT2D eigenvalue weighted by Crippen LogP contribution is 2.37. The number of pyridine rings is 1. The van der Waals surface area contributed by atoms with Crippen molar-refractivity contribution in [2.45, 2.75) is 11.3 Å². The molecule has 154 valence electrons. The van der Waals surface area contributed by atoms with Crippen LogP contribution >= 0.6 is 0 Å². The number of fused-ring (bicyclic) bond motifs is 1. The van der Waals surface area contributed by atoms with Gasteiger partial charge in [-0.1, -0.05) is 12.1 Å². The number of ether oxygens (including phenoxy) is 3. The maximum atomic E-state index is 12.5. The molecule has 0 saturated heterocycles. The van der Waals surface area contributed by atoms with E-state index < -0.39 is 21.1 Å². The van der Waals surface area contributed by atoms with Crippen LogP contribution in [0.2, 0.25) is 0 Å². The van der Waals surface area contributed by atoms with Gasteiger partial charge in [-0.2, -0.15) is 13.2 Å². The topological polar surface area (TPSA) is 74.7 Å². The van der Waals surface area contributed by atoms with E-state index in [9.17, 15) is 21.6 Å². The van der Waals surface area contributed by atoms with E-state index in [1.54, 1.807) is 18.2 Å². The Morgan fingerprint density at radius 1 is 0.931 bits per heavy atom. The number of benzene rings is 2. The van der Waals surface area contributed by atoms with Crippen molar-refractivity contribution in [3.05, 3.63) is 54.2 Å². The van der Waals surface area contributed by atoms with Gasteiger partial charge in [-0.3, -0.25) is 4.98 Å². The SMILES string of the molecule is COc1cc2nccc(Oc3ccc(CS(=O)(=O)C(F)(F)F)cc3)c2cc1OC. The molecule has 0 bridgehead atoms. The molecule has 2 aromatic carbocycles. The highest BCUT2D eigenvalue weighted by atomic mass is 32.2. The molecule has 0 unspecified atom stereocenters. The predicted octanol–water partition coefficient (Wildman–Crippen LogP) is 4.48. The Labute approximate surface area is 164 Å². The third-order valence-corrected chi connectivity index (χ3v) is 5.49. The van der Waals surface area contributed by atoms with Crippen LogP contribution < -0.4 is 14.2 Å². The molecular formula is C19H16F3NO5S. The lowest BCUT2D eigenvalue weighted by Crippen LogP contribution is -2.24. The molecule has 10 heteroatoms. The van der Waals surface area contributed by atoms with Gasteiger partial charge in [0.2, 0.25) is 0 Å². The van der Waals surface area contributed by atoms with Gasteiger partial charge in [-0.05, 0) is 29.8 Å². The van der Waals surface area contributed by atoms with Crippen LogP contribution in [0, 0.1) is 0 Å². The molecule has 0 aliphatic carbocycles. The normalized spacial score (nSPS) is 12.0. The number of aromatic nitrogens is 1. The molecule has 0 N–H and O–H groups in total. The quantitative estimate of drug-likeness (QED) is 0.578. The summed E-state index contributed by atoms with van der Waals surface area (Å²) in [6.45, 7) is 0. The standard InChI is InChI=1S/C19H16F3NO5S/c1-26-17-9-14-15(10-18(17)27-2)23-8-7-16(14)28-13-5-3-12(4-6-13)11-29(24,25)19(20,21)22/h3-10H,11H2,1-2H3. The molecule has 6 nitrogen and oxygen atoms in total. The molecule has 1 aromatic heterocycles. The summed E-state index contributed by atoms with van der Waals surface area (Å²) < 4.78 is 76.4. The van der Waals surface area contributed by atoms with Crippen LogP contribution in [0.4, 0.5) is 13.2 Å². The number of alkyl halides is 3. The van der Waals surface area contributed by atoms with E-state index in [1.807, 2.05) is 0 Å². The molecule has 29 heavy (non-hydrogen) atoms. The zero-order chi connectivity index (χ0) is 21.2. The lowest BCUT2D eigenvalue weighted by Gasteiger charge is -2.13. The van der Waals surface area contributed by atoms with Crippen molar-refractivity contribution in [2.75, 3.05) is 14.2 Å². The summed E-state index contributed by atoms with van der Waals surface area (Å²) in [4.78, 5) is 4.26. The molecule has 0 saturated carbocycles. The molecule has 0 radical (unpaired) electrons. The van der Waals surface area contributed by atoms with Gasteiger partial charge < -0.3 is 14.2 Å². The number of halogens is 3. The predicted molar refractivity (Wildman–Crippen MR) is 100 cm³/mol. The van der Waals surface area contributed by atoms with Crippen LogP contribution in [-0.2, 0) is 15.6 Å². The van der Waals surface area contributed by atoms with Crippen LogP contribution in [0.1, 0.15) is 5.56 Å². The largest absolute Gasteiger partial charge is 0.497 e. The third-order valence-electron chi connectivity index (χ3n) is 4.07. The van der Waals surface area contributed by atoms with Crippen molar-refractivity contribution in [3.63, 3.8) is 0 Å². The van der Waals surface area contributed by atoms with Crippen LogP contribution in [-0.4, -0.2) is 33.1 Å². The van der Waals surface area contributed by atoms with E-state index in [1.165, 1.54) is 44.7 Å². The van der Waals surface area contributed by atoms with E-state index in [0.29, 0.717) is 33.9 Å². The van der Waals surface area contributed by atoms with E-state index in [2.05, 4.69) is 4.98 Å². The Morgan fingerprint density at radius 3 is 2.14 bits per heavy atom. The van der Waals surface area contributed by atoms with E-state index in [-0.39, 0.29) is 5.56 Å². The molecule has 0 atom stereocenters. The maximum absolute atomic E-state index is 12.5. The van der Waals surface area contributed by atoms with Crippen LogP contribution in [0.15, 0.2) is 48.7 Å². The van der Waals surface area contributed by atoms with Gasteiger partial charge >= 0.3 is 5.51 Å². The van der Waals surface area contributed by atoms with Gasteiger partial charge in [0.25, 0.3) is 9.84 Å². The Hall–Kier alpha value is -3.01. The minimum absolute atomic E-state index is 0.000618. The Balaban J connectivity index is 1.88. The van der Waals surface area contributed by atoms with Gasteiger partial charge in [-0.15, -0.1) is 0 Å². The van der Waals surface area contributed by atoms with Gasteiger partial charge in [0.05, 0.1) is 25.5 Å². The second-order valence-corrected chi connectivity index (χ2v) is 7.97. The van der Waals surface area contributed by atoms with Crippen molar-refractivity contribution in [1.29, 1.82) is 0 Å². The van der Waals surface area contributed by atoms with Crippen molar-refractivity contribution < 1.29 is 35.8 Å². The summed E-state index contributed by atoms with van der Waals surface area (Å²) in [5.74, 6) is 0.601. The third kappa shape index (κ3) is 4.37. The summed E-state index contributed by atoms with van der Waals surface area (Å²) in [5.41, 5.74) is -4.70. The first-order valence-electron chi connectivity index (χ1n) is 8.21. The van der Waals surface area contributed by atoms with Gasteiger partial charge in [0.15, 0.2) is 11.5 Å². The Kier molecular flexibility index (Phi) is 5.56. The minimum atomic E-state index is -5.29. The lowest BCUT2D eigenvalue weighted by molar-refractivity contribution is -0.0437. The molecule has 0 aliphatic heterocycles. The first-order chi connectivity index (χ1) is 13.6. The van der Waals surface area contributed by atoms with Crippen molar-refractivity contribution >= 4 is 20.7 Å². The maximum Gasteiger partial charge on any atom is 0.497 e. The van der Waals surface area contributed by atoms with Gasteiger partial charge in [0, 0.05) is 17.6 Å². The molecule has 1 heterocycles. The smallest absolute Gasteiger partial charge is 0.493 e. The molecular weight excluding hydrogens is 411 g/mol. The lowest BCUT2D eigenvalue weighted by atomic mass is 10.1. The highest BCUT2D eigenvalue weighted by Gasteiger charge is 2.45. The van der Waals surface area contributed by atoms with E-state index >= 15 is 0 Å². The number of methoxy groups -OCH3 is 2. The average molecular weight is 427 g/mol. The Bertz CT molecular complexity index is 1130. The summed E-state index contributed by atoms with van der Waals surface area (Å²) in [7, 11) is -2.24. The zero-order valence-electron chi connectivity index (χ0n) is 15.4. The summed E-state index contributed by atoms with van der Waals surface area (Å²) in [5, 5.41) is 0.633. The van der Waals surface area contributed by atoms with Gasteiger partial charge in [-0.25, -0.2) is 8.42 Å². The number of hydrogen-bond donors (Lipinski definition) is 0. The summed E-state index contributed by atoms with van der Waals surface area (Å²) in [6.07, 6.45) is 1.54. The second kappa shape index (κ2) is 7.78. The number of sulfone groups is 1. The first kappa shape index (κ1) is 20.7. The van der Waals surface area contributed by atoms with Crippen LogP contribution in [0.5, 0.6) is 23.0 Å². The van der Waals surface area contributed by atoms with Gasteiger partial charge in [0.1, 0.15) is 11.5 Å².